The molecule has 2 aliphatic rings. The van der Waals surface area contributed by atoms with Crippen LogP contribution in [-0.4, -0.2) is 66.3 Å². The zero-order valence-electron chi connectivity index (χ0n) is 12.2. The number of carbonyl (C=O) groups is 2. The number of halogens is 2. The van der Waals surface area contributed by atoms with E-state index in [0.717, 1.165) is 0 Å². The summed E-state index contributed by atoms with van der Waals surface area (Å²) < 4.78 is 11.6. The maximum atomic E-state index is 12.9. The molecular formula is C14H14BrClN2O5. The second-order valence-corrected chi connectivity index (χ2v) is 6.50. The average Bonchev–Trinajstić information content (AvgIpc) is 2.68. The van der Waals surface area contributed by atoms with E-state index in [1.54, 1.807) is 11.0 Å². The van der Waals surface area contributed by atoms with Gasteiger partial charge in [0, 0.05) is 24.1 Å². The summed E-state index contributed by atoms with van der Waals surface area (Å²) in [4.78, 5) is 27.0. The van der Waals surface area contributed by atoms with Gasteiger partial charge in [-0.3, -0.25) is 4.79 Å². The van der Waals surface area contributed by atoms with Crippen molar-refractivity contribution in [1.82, 2.24) is 9.80 Å². The Morgan fingerprint density at radius 1 is 1.52 bits per heavy atom. The van der Waals surface area contributed by atoms with Gasteiger partial charge in [0.15, 0.2) is 5.75 Å². The minimum Gasteiger partial charge on any atom is -0.496 e. The van der Waals surface area contributed by atoms with E-state index in [1.165, 1.54) is 12.0 Å². The Kier molecular flexibility index (Phi) is 4.29. The molecule has 3 rings (SSSR count). The number of hydrogen-bond donors (Lipinski definition) is 1. The van der Waals surface area contributed by atoms with Gasteiger partial charge in [-0.25, -0.2) is 4.79 Å². The number of nitrogens with zero attached hydrogens (tertiary/aromatic N) is 2. The molecule has 0 unspecified atom stereocenters. The predicted molar refractivity (Wildman–Crippen MR) is 85.6 cm³/mol. The molecule has 1 fully saturated rings. The fourth-order valence-electron chi connectivity index (χ4n) is 2.84. The van der Waals surface area contributed by atoms with Gasteiger partial charge in [0.1, 0.15) is 17.9 Å². The quantitative estimate of drug-likeness (QED) is 0.776. The monoisotopic (exact) mass is 404 g/mol. The van der Waals surface area contributed by atoms with Gasteiger partial charge in [-0.05, 0) is 22.0 Å². The Morgan fingerprint density at radius 3 is 2.91 bits per heavy atom. The molecule has 0 aromatic heterocycles. The largest absolute Gasteiger partial charge is 0.496 e. The number of amides is 2. The summed E-state index contributed by atoms with van der Waals surface area (Å²) in [6.07, 6.45) is -1.00. The predicted octanol–water partition coefficient (Wildman–Crippen LogP) is 2.31. The summed E-state index contributed by atoms with van der Waals surface area (Å²) in [5.74, 6) is 0.362. The number of hydrogen-bond acceptors (Lipinski definition) is 4. The highest BCUT2D eigenvalue weighted by Crippen LogP contribution is 2.43. The van der Waals surface area contributed by atoms with Crippen LogP contribution in [0.25, 0.3) is 0 Å². The maximum absolute atomic E-state index is 12.9. The van der Waals surface area contributed by atoms with E-state index in [2.05, 4.69) is 15.9 Å². The third-order valence-corrected chi connectivity index (χ3v) is 5.24. The highest BCUT2D eigenvalue weighted by Gasteiger charge is 2.39. The maximum Gasteiger partial charge on any atom is 0.407 e. The number of methoxy groups -OCH3 is 1. The molecule has 1 atom stereocenters. The number of piperazine rings is 1. The molecule has 0 saturated carbocycles. The number of fused-ring (bicyclic) bond motifs is 2. The summed E-state index contributed by atoms with van der Waals surface area (Å²) in [6.45, 7) is 0.937. The van der Waals surface area contributed by atoms with Crippen molar-refractivity contribution in [2.24, 2.45) is 0 Å². The molecule has 2 amide bonds. The van der Waals surface area contributed by atoms with Crippen LogP contribution in [0.4, 0.5) is 4.79 Å². The summed E-state index contributed by atoms with van der Waals surface area (Å²) in [5.41, 5.74) is 0.270. The van der Waals surface area contributed by atoms with Gasteiger partial charge in [-0.15, -0.1) is 0 Å². The molecule has 2 heterocycles. The lowest BCUT2D eigenvalue weighted by Gasteiger charge is -2.38. The molecule has 23 heavy (non-hydrogen) atoms. The molecule has 9 heteroatoms. The molecule has 124 valence electrons. The van der Waals surface area contributed by atoms with Crippen LogP contribution < -0.4 is 9.47 Å². The van der Waals surface area contributed by atoms with Crippen LogP contribution in [0.1, 0.15) is 10.4 Å². The van der Waals surface area contributed by atoms with E-state index in [9.17, 15) is 9.59 Å². The van der Waals surface area contributed by atoms with Crippen molar-refractivity contribution in [2.75, 3.05) is 33.4 Å². The first-order chi connectivity index (χ1) is 10.9. The fraction of sp³-hybridized carbons (Fsp3) is 0.429. The molecule has 1 N–H and O–H groups in total. The van der Waals surface area contributed by atoms with Crippen LogP contribution in [0.2, 0.25) is 5.02 Å². The Hall–Kier alpha value is -1.67. The zero-order chi connectivity index (χ0) is 16.7. The van der Waals surface area contributed by atoms with Crippen molar-refractivity contribution in [3.8, 4) is 11.5 Å². The molecule has 0 bridgehead atoms. The van der Waals surface area contributed by atoms with Crippen LogP contribution in [0.5, 0.6) is 11.5 Å². The van der Waals surface area contributed by atoms with E-state index in [0.29, 0.717) is 21.8 Å². The number of ether oxygens (including phenoxy) is 2. The number of rotatable bonds is 1. The lowest BCUT2D eigenvalue weighted by Crippen LogP contribution is -2.57. The van der Waals surface area contributed by atoms with Crippen LogP contribution in [0.3, 0.4) is 0 Å². The molecule has 0 aliphatic carbocycles. The van der Waals surface area contributed by atoms with Crippen LogP contribution in [0, 0.1) is 0 Å². The Morgan fingerprint density at radius 2 is 2.26 bits per heavy atom. The first-order valence-corrected chi connectivity index (χ1v) is 8.08. The number of carbonyl (C=O) groups excluding carboxylic acids is 1. The average molecular weight is 406 g/mol. The summed E-state index contributed by atoms with van der Waals surface area (Å²) in [6, 6.07) is 1.26. The standard InChI is InChI=1S/C14H14BrClN2O5/c1-22-9-4-8(15)11(16)12-10(9)13(19)18-3-2-17(14(20)21)5-7(18)6-23-12/h4,7H,2-3,5-6H2,1H3,(H,20,21)/t7-/m1/s1. The molecule has 2 aliphatic heterocycles. The highest BCUT2D eigenvalue weighted by atomic mass is 79.9. The van der Waals surface area contributed by atoms with Crippen molar-refractivity contribution in [1.29, 1.82) is 0 Å². The van der Waals surface area contributed by atoms with Crippen LogP contribution in [0.15, 0.2) is 10.5 Å². The van der Waals surface area contributed by atoms with Crippen molar-refractivity contribution in [3.63, 3.8) is 0 Å². The lowest BCUT2D eigenvalue weighted by atomic mass is 10.1. The van der Waals surface area contributed by atoms with Gasteiger partial charge >= 0.3 is 6.09 Å². The summed E-state index contributed by atoms with van der Waals surface area (Å²) >= 11 is 9.57. The van der Waals surface area contributed by atoms with Gasteiger partial charge in [-0.2, -0.15) is 0 Å². The van der Waals surface area contributed by atoms with Crippen molar-refractivity contribution >= 4 is 39.5 Å². The van der Waals surface area contributed by atoms with Crippen molar-refractivity contribution in [3.05, 3.63) is 21.1 Å². The topological polar surface area (TPSA) is 79.3 Å². The molecule has 7 nitrogen and oxygen atoms in total. The third kappa shape index (κ3) is 2.70. The molecule has 1 aromatic rings. The van der Waals surface area contributed by atoms with Gasteiger partial charge < -0.3 is 24.4 Å². The van der Waals surface area contributed by atoms with Gasteiger partial charge in [0.05, 0.1) is 18.2 Å². The highest BCUT2D eigenvalue weighted by molar-refractivity contribution is 9.10. The SMILES string of the molecule is COc1cc(Br)c(Cl)c2c1C(=O)N1CCN(C(=O)O)C[C@@H]1CO2. The van der Waals surface area contributed by atoms with Crippen molar-refractivity contribution < 1.29 is 24.2 Å². The number of carboxylic acid groups (broad SMARTS) is 1. The van der Waals surface area contributed by atoms with E-state index >= 15 is 0 Å². The zero-order valence-corrected chi connectivity index (χ0v) is 14.6. The van der Waals surface area contributed by atoms with E-state index in [4.69, 9.17) is 26.2 Å². The summed E-state index contributed by atoms with van der Waals surface area (Å²) in [7, 11) is 1.47. The first-order valence-electron chi connectivity index (χ1n) is 6.91. The van der Waals surface area contributed by atoms with Gasteiger partial charge in [0.2, 0.25) is 0 Å². The molecule has 1 aromatic carbocycles. The lowest BCUT2D eigenvalue weighted by molar-refractivity contribution is 0.0389. The van der Waals surface area contributed by atoms with E-state index < -0.39 is 6.09 Å². The number of benzene rings is 1. The third-order valence-electron chi connectivity index (χ3n) is 4.01. The molecular weight excluding hydrogens is 392 g/mol. The second kappa shape index (κ2) is 6.09. The van der Waals surface area contributed by atoms with Crippen molar-refractivity contribution in [2.45, 2.75) is 6.04 Å². The summed E-state index contributed by atoms with van der Waals surface area (Å²) in [5, 5.41) is 9.43. The minimum atomic E-state index is -1.00. The molecule has 0 radical (unpaired) electrons. The van der Waals surface area contributed by atoms with E-state index in [1.807, 2.05) is 0 Å². The minimum absolute atomic E-state index is 0.168. The van der Waals surface area contributed by atoms with Gasteiger partial charge in [-0.1, -0.05) is 11.6 Å². The Balaban J connectivity index is 2.02. The molecule has 0 spiro atoms. The van der Waals surface area contributed by atoms with Crippen LogP contribution in [-0.2, 0) is 0 Å². The second-order valence-electron chi connectivity index (χ2n) is 5.27. The Labute approximate surface area is 145 Å². The van der Waals surface area contributed by atoms with Crippen LogP contribution >= 0.6 is 27.5 Å². The van der Waals surface area contributed by atoms with E-state index in [-0.39, 0.29) is 43.0 Å². The first kappa shape index (κ1) is 16.2. The molecule has 1 saturated heterocycles. The Bertz CT molecular complexity index is 684. The smallest absolute Gasteiger partial charge is 0.407 e. The normalized spacial score (nSPS) is 20.3. The fourth-order valence-corrected chi connectivity index (χ4v) is 3.43. The van der Waals surface area contributed by atoms with Gasteiger partial charge in [0.25, 0.3) is 5.91 Å².